The molecule has 4 atom stereocenters. The number of rotatable bonds is 8. The van der Waals surface area contributed by atoms with Gasteiger partial charge in [0.05, 0.1) is 42.5 Å². The van der Waals surface area contributed by atoms with Crippen LogP contribution in [0.15, 0.2) is 18.3 Å². The van der Waals surface area contributed by atoms with Gasteiger partial charge in [-0.05, 0) is 94.2 Å². The number of aliphatic hydroxyl groups is 1. The summed E-state index contributed by atoms with van der Waals surface area (Å²) in [6.45, 7) is 9.57. The number of halogens is 5. The largest absolute Gasteiger partial charge is 0.466 e. The van der Waals surface area contributed by atoms with Crippen LogP contribution in [-0.2, 0) is 15.7 Å². The minimum Gasteiger partial charge on any atom is -0.466 e. The van der Waals surface area contributed by atoms with Crippen LogP contribution in [0.5, 0.6) is 0 Å². The molecule has 1 heterocycles. The highest BCUT2D eigenvalue weighted by molar-refractivity contribution is 6.36. The average molecular weight is 659 g/mol. The summed E-state index contributed by atoms with van der Waals surface area (Å²) >= 11 is 12.9. The van der Waals surface area contributed by atoms with Crippen LogP contribution >= 0.6 is 23.2 Å². The maximum Gasteiger partial charge on any atom is 0.433 e. The first-order chi connectivity index (χ1) is 20.5. The number of ether oxygens (including phenoxy) is 1. The van der Waals surface area contributed by atoms with E-state index in [1.165, 1.54) is 4.90 Å². The summed E-state index contributed by atoms with van der Waals surface area (Å²) in [5.41, 5.74) is -1.30. The van der Waals surface area contributed by atoms with Crippen molar-refractivity contribution in [3.05, 3.63) is 50.8 Å². The van der Waals surface area contributed by atoms with Gasteiger partial charge >= 0.3 is 12.1 Å². The number of carbonyl (C=O) groups excluding carboxylic acids is 2. The maximum absolute atomic E-state index is 14.7. The monoisotopic (exact) mass is 657 g/mol. The van der Waals surface area contributed by atoms with E-state index in [4.69, 9.17) is 27.9 Å². The molecule has 3 aliphatic rings. The van der Waals surface area contributed by atoms with E-state index in [9.17, 15) is 27.9 Å². The third-order valence-corrected chi connectivity index (χ3v) is 11.1. The van der Waals surface area contributed by atoms with Crippen molar-refractivity contribution in [3.8, 4) is 0 Å². The van der Waals surface area contributed by atoms with E-state index in [2.05, 4.69) is 18.9 Å². The van der Waals surface area contributed by atoms with Crippen molar-refractivity contribution >= 4 is 35.1 Å². The van der Waals surface area contributed by atoms with E-state index in [1.54, 1.807) is 32.9 Å². The van der Waals surface area contributed by atoms with Crippen molar-refractivity contribution in [2.75, 3.05) is 13.2 Å². The van der Waals surface area contributed by atoms with Gasteiger partial charge in [0.25, 0.3) is 5.91 Å². The van der Waals surface area contributed by atoms with E-state index in [-0.39, 0.29) is 59.0 Å². The minimum absolute atomic E-state index is 0.119. The van der Waals surface area contributed by atoms with Crippen LogP contribution in [0.2, 0.25) is 10.0 Å². The predicted octanol–water partition coefficient (Wildman–Crippen LogP) is 7.81. The molecule has 3 fully saturated rings. The Morgan fingerprint density at radius 3 is 2.23 bits per heavy atom. The van der Waals surface area contributed by atoms with Crippen LogP contribution in [0.25, 0.3) is 0 Å². The summed E-state index contributed by atoms with van der Waals surface area (Å²) in [6.07, 6.45) is -2.67. The molecule has 2 unspecified atom stereocenters. The van der Waals surface area contributed by atoms with E-state index >= 15 is 0 Å². The Balaban J connectivity index is 1.45. The number of aryl methyl sites for hydroxylation is 1. The molecule has 0 saturated heterocycles. The lowest BCUT2D eigenvalue weighted by Gasteiger charge is -2.36. The van der Waals surface area contributed by atoms with Crippen LogP contribution in [0, 0.1) is 29.6 Å². The van der Waals surface area contributed by atoms with Gasteiger partial charge in [-0.3, -0.25) is 14.3 Å². The summed E-state index contributed by atoms with van der Waals surface area (Å²) < 4.78 is 50.3. The van der Waals surface area contributed by atoms with Gasteiger partial charge in [0.2, 0.25) is 0 Å². The molecule has 1 aromatic heterocycles. The molecule has 3 saturated carbocycles. The van der Waals surface area contributed by atoms with Gasteiger partial charge in [0.1, 0.15) is 0 Å². The fraction of sp³-hybridized carbons (Fsp3) is 0.656. The SMILES string of the molecule is CCOC(=O)C1(C)CCC(n2ncc(C(=O)N(CC(O)c3c(Cl)cc(C)cc3Cl)C3C[C@@H]4[C@H](C3)C4(C)C)c2C(F)(F)F)CC1. The lowest BCUT2D eigenvalue weighted by atomic mass is 9.74. The molecule has 1 amide bonds. The number of aliphatic hydroxyl groups excluding tert-OH is 1. The van der Waals surface area contributed by atoms with Crippen molar-refractivity contribution in [2.24, 2.45) is 22.7 Å². The molecule has 242 valence electrons. The van der Waals surface area contributed by atoms with Gasteiger partial charge in [0.15, 0.2) is 5.69 Å². The zero-order chi connectivity index (χ0) is 32.4. The van der Waals surface area contributed by atoms with Crippen LogP contribution < -0.4 is 0 Å². The van der Waals surface area contributed by atoms with Gasteiger partial charge in [-0.1, -0.05) is 37.0 Å². The lowest BCUT2D eigenvalue weighted by molar-refractivity contribution is -0.157. The first kappa shape index (κ1) is 33.1. The van der Waals surface area contributed by atoms with Crippen LogP contribution in [0.1, 0.15) is 106 Å². The molecule has 12 heteroatoms. The average Bonchev–Trinajstić information content (AvgIpc) is 3.35. The molecule has 0 bridgehead atoms. The quantitative estimate of drug-likeness (QED) is 0.293. The molecule has 3 aliphatic carbocycles. The molecule has 0 aliphatic heterocycles. The molecular formula is C32H40Cl2F3N3O4. The van der Waals surface area contributed by atoms with Gasteiger partial charge < -0.3 is 14.7 Å². The Morgan fingerprint density at radius 2 is 1.70 bits per heavy atom. The number of hydrogen-bond acceptors (Lipinski definition) is 5. The second kappa shape index (κ2) is 11.8. The van der Waals surface area contributed by atoms with Gasteiger partial charge in [-0.25, -0.2) is 0 Å². The van der Waals surface area contributed by atoms with E-state index in [0.717, 1.165) is 16.4 Å². The molecule has 1 N–H and O–H groups in total. The lowest BCUT2D eigenvalue weighted by Crippen LogP contribution is -2.43. The fourth-order valence-corrected chi connectivity index (χ4v) is 8.51. The first-order valence-corrected chi connectivity index (χ1v) is 16.0. The van der Waals surface area contributed by atoms with Crippen LogP contribution in [0.3, 0.4) is 0 Å². The van der Waals surface area contributed by atoms with Crippen LogP contribution in [0.4, 0.5) is 13.2 Å². The highest BCUT2D eigenvalue weighted by Crippen LogP contribution is 2.67. The number of hydrogen-bond donors (Lipinski definition) is 1. The highest BCUT2D eigenvalue weighted by atomic mass is 35.5. The van der Waals surface area contributed by atoms with Crippen molar-refractivity contribution < 1.29 is 32.6 Å². The highest BCUT2D eigenvalue weighted by Gasteiger charge is 2.63. The molecule has 5 rings (SSSR count). The molecule has 1 aromatic carbocycles. The van der Waals surface area contributed by atoms with Crippen molar-refractivity contribution in [2.45, 2.75) is 97.5 Å². The summed E-state index contributed by atoms with van der Waals surface area (Å²) in [4.78, 5) is 28.0. The molecular weight excluding hydrogens is 618 g/mol. The first-order valence-electron chi connectivity index (χ1n) is 15.3. The third-order valence-electron chi connectivity index (χ3n) is 10.4. The summed E-state index contributed by atoms with van der Waals surface area (Å²) in [5, 5.41) is 15.9. The summed E-state index contributed by atoms with van der Waals surface area (Å²) in [5.74, 6) is -0.482. The number of esters is 1. The smallest absolute Gasteiger partial charge is 0.433 e. The van der Waals surface area contributed by atoms with E-state index in [0.29, 0.717) is 37.5 Å². The number of alkyl halides is 3. The minimum atomic E-state index is -4.86. The number of fused-ring (bicyclic) bond motifs is 1. The summed E-state index contributed by atoms with van der Waals surface area (Å²) in [6, 6.07) is 2.30. The normalized spacial score (nSPS) is 28.3. The summed E-state index contributed by atoms with van der Waals surface area (Å²) in [7, 11) is 0. The van der Waals surface area contributed by atoms with Crippen LogP contribution in [-0.4, -0.2) is 50.9 Å². The number of nitrogens with zero attached hydrogens (tertiary/aromatic N) is 3. The number of benzene rings is 1. The molecule has 0 radical (unpaired) electrons. The van der Waals surface area contributed by atoms with Crippen molar-refractivity contribution in [3.63, 3.8) is 0 Å². The fourth-order valence-electron chi connectivity index (χ4n) is 7.66. The Bertz CT molecular complexity index is 1400. The number of carbonyl (C=O) groups is 2. The zero-order valence-corrected chi connectivity index (χ0v) is 27.2. The number of aromatic nitrogens is 2. The molecule has 7 nitrogen and oxygen atoms in total. The van der Waals surface area contributed by atoms with Gasteiger partial charge in [-0.15, -0.1) is 0 Å². The Morgan fingerprint density at radius 1 is 1.14 bits per heavy atom. The van der Waals surface area contributed by atoms with Gasteiger partial charge in [0, 0.05) is 21.7 Å². The topological polar surface area (TPSA) is 84.7 Å². The standard InChI is InChI=1S/C32H40Cl2F3N3O4/c1-6-44-29(43)31(5)9-7-18(8-10-31)40-27(32(35,36)37)20(15-38-40)28(42)39(19-13-21-22(14-19)30(21,3)4)16-25(41)26-23(33)11-17(2)12-24(26)34/h11-12,15,18-19,21-22,25,41H,6-10,13-14,16H2,1-5H3/t18?,19?,21-,22+,25?,31?. The Labute approximate surface area is 266 Å². The zero-order valence-electron chi connectivity index (χ0n) is 25.7. The number of amides is 1. The molecule has 44 heavy (non-hydrogen) atoms. The second-order valence-electron chi connectivity index (χ2n) is 13.6. The maximum atomic E-state index is 14.7. The van der Waals surface area contributed by atoms with E-state index < -0.39 is 40.9 Å². The van der Waals surface area contributed by atoms with Crippen molar-refractivity contribution in [1.82, 2.24) is 14.7 Å². The third kappa shape index (κ3) is 5.98. The molecule has 2 aromatic rings. The van der Waals surface area contributed by atoms with E-state index in [1.807, 2.05) is 0 Å². The molecule has 0 spiro atoms. The van der Waals surface area contributed by atoms with Gasteiger partial charge in [-0.2, -0.15) is 18.3 Å². The second-order valence-corrected chi connectivity index (χ2v) is 14.5. The Kier molecular flexibility index (Phi) is 8.88. The Hall–Kier alpha value is -2.30. The van der Waals surface area contributed by atoms with Crippen molar-refractivity contribution in [1.29, 1.82) is 0 Å². The predicted molar refractivity (Wildman–Crippen MR) is 160 cm³/mol.